The second-order valence-corrected chi connectivity index (χ2v) is 3.87. The van der Waals surface area contributed by atoms with Crippen LogP contribution in [-0.2, 0) is 19.2 Å². The zero-order valence-corrected chi connectivity index (χ0v) is 10.0. The molecule has 0 saturated carbocycles. The van der Waals surface area contributed by atoms with Gasteiger partial charge in [0.05, 0.1) is 0 Å². The van der Waals surface area contributed by atoms with Gasteiger partial charge in [0.15, 0.2) is 0 Å². The molecule has 0 bridgehead atoms. The van der Waals surface area contributed by atoms with Crippen molar-refractivity contribution in [1.82, 2.24) is 5.32 Å². The molecule has 108 valence electrons. The van der Waals surface area contributed by atoms with Crippen LogP contribution in [-0.4, -0.2) is 51.2 Å². The van der Waals surface area contributed by atoms with E-state index in [0.717, 1.165) is 0 Å². The maximum absolute atomic E-state index is 11.4. The van der Waals surface area contributed by atoms with E-state index in [9.17, 15) is 19.2 Å². The molecule has 0 aromatic heterocycles. The number of hydrogen-bond donors (Lipinski definition) is 5. The van der Waals surface area contributed by atoms with E-state index < -0.39 is 42.3 Å². The molecular weight excluding hydrogens is 260 g/mol. The molecule has 0 aliphatic heterocycles. The quantitative estimate of drug-likeness (QED) is 0.343. The van der Waals surface area contributed by atoms with Crippen LogP contribution in [0.2, 0.25) is 0 Å². The molecule has 2 atom stereocenters. The second-order valence-electron chi connectivity index (χ2n) is 3.87. The van der Waals surface area contributed by atoms with Crippen molar-refractivity contribution in [3.63, 3.8) is 0 Å². The van der Waals surface area contributed by atoms with Crippen LogP contribution in [0.3, 0.4) is 0 Å². The standard InChI is InChI=1S/C10H16N2O7/c11-5(9(16)17)1-3-7(13)12-6(10(18)19)2-4-8(14)15/h5-6H,1-4,11H2,(H,12,13)(H,14,15)(H,16,17)(H,18,19)/t5-,6+/m1/s1. The Hall–Kier alpha value is -2.16. The highest BCUT2D eigenvalue weighted by molar-refractivity contribution is 5.84. The summed E-state index contributed by atoms with van der Waals surface area (Å²) in [6.07, 6.45) is -1.02. The van der Waals surface area contributed by atoms with Gasteiger partial charge in [0.1, 0.15) is 12.1 Å². The Kier molecular flexibility index (Phi) is 7.12. The summed E-state index contributed by atoms with van der Waals surface area (Å²) in [6.45, 7) is 0. The Morgan fingerprint density at radius 3 is 1.95 bits per heavy atom. The Morgan fingerprint density at radius 2 is 1.53 bits per heavy atom. The van der Waals surface area contributed by atoms with Crippen molar-refractivity contribution in [3.05, 3.63) is 0 Å². The smallest absolute Gasteiger partial charge is 0.326 e. The summed E-state index contributed by atoms with van der Waals surface area (Å²) in [4.78, 5) is 42.8. The molecule has 0 saturated heterocycles. The molecule has 6 N–H and O–H groups in total. The minimum atomic E-state index is -1.35. The van der Waals surface area contributed by atoms with E-state index in [0.29, 0.717) is 0 Å². The second kappa shape index (κ2) is 8.03. The topological polar surface area (TPSA) is 167 Å². The van der Waals surface area contributed by atoms with E-state index in [1.165, 1.54) is 0 Å². The highest BCUT2D eigenvalue weighted by Crippen LogP contribution is 2.01. The number of nitrogens with one attached hydrogen (secondary N) is 1. The molecule has 0 aromatic rings. The van der Waals surface area contributed by atoms with E-state index in [1.807, 2.05) is 0 Å². The van der Waals surface area contributed by atoms with Crippen molar-refractivity contribution >= 4 is 23.8 Å². The van der Waals surface area contributed by atoms with Crippen molar-refractivity contribution in [2.24, 2.45) is 5.73 Å². The molecule has 0 aliphatic carbocycles. The number of amides is 1. The lowest BCUT2D eigenvalue weighted by Crippen LogP contribution is -2.42. The lowest BCUT2D eigenvalue weighted by atomic mass is 10.1. The largest absolute Gasteiger partial charge is 0.481 e. The van der Waals surface area contributed by atoms with Crippen LogP contribution >= 0.6 is 0 Å². The first-order valence-electron chi connectivity index (χ1n) is 5.46. The number of carbonyl (C=O) groups is 4. The van der Waals surface area contributed by atoms with Gasteiger partial charge in [-0.3, -0.25) is 14.4 Å². The first-order valence-corrected chi connectivity index (χ1v) is 5.46. The molecule has 0 heterocycles. The van der Waals surface area contributed by atoms with Gasteiger partial charge in [-0.15, -0.1) is 0 Å². The summed E-state index contributed by atoms with van der Waals surface area (Å²) in [5.41, 5.74) is 5.18. The maximum Gasteiger partial charge on any atom is 0.326 e. The summed E-state index contributed by atoms with van der Waals surface area (Å²) in [6, 6.07) is -2.52. The van der Waals surface area contributed by atoms with Gasteiger partial charge in [0.25, 0.3) is 0 Å². The molecular formula is C10H16N2O7. The van der Waals surface area contributed by atoms with Gasteiger partial charge in [-0.25, -0.2) is 4.79 Å². The number of rotatable bonds is 9. The van der Waals surface area contributed by atoms with E-state index in [4.69, 9.17) is 21.1 Å². The fourth-order valence-corrected chi connectivity index (χ4v) is 1.20. The Morgan fingerprint density at radius 1 is 0.947 bits per heavy atom. The van der Waals surface area contributed by atoms with E-state index in [1.54, 1.807) is 0 Å². The number of carboxylic acid groups (broad SMARTS) is 3. The van der Waals surface area contributed by atoms with Gasteiger partial charge in [-0.2, -0.15) is 0 Å². The third-order valence-corrected chi connectivity index (χ3v) is 2.28. The highest BCUT2D eigenvalue weighted by Gasteiger charge is 2.21. The molecule has 0 aliphatic rings. The number of carbonyl (C=O) groups excluding carboxylic acids is 1. The monoisotopic (exact) mass is 276 g/mol. The first kappa shape index (κ1) is 16.8. The predicted molar refractivity (Wildman–Crippen MR) is 61.3 cm³/mol. The predicted octanol–water partition coefficient (Wildman–Crippen LogP) is -1.39. The van der Waals surface area contributed by atoms with Crippen molar-refractivity contribution in [2.75, 3.05) is 0 Å². The lowest BCUT2D eigenvalue weighted by Gasteiger charge is -2.14. The average Bonchev–Trinajstić information content (AvgIpc) is 2.30. The van der Waals surface area contributed by atoms with Gasteiger partial charge in [-0.1, -0.05) is 0 Å². The van der Waals surface area contributed by atoms with E-state index in [2.05, 4.69) is 5.32 Å². The molecule has 1 amide bonds. The van der Waals surface area contributed by atoms with E-state index >= 15 is 0 Å². The Balaban J connectivity index is 4.20. The van der Waals surface area contributed by atoms with Gasteiger partial charge in [0, 0.05) is 12.8 Å². The zero-order valence-electron chi connectivity index (χ0n) is 10.0. The molecule has 0 radical (unpaired) electrons. The SMILES string of the molecule is N[C@H](CCC(=O)N[C@@H](CCC(=O)O)C(=O)O)C(=O)O. The summed E-state index contributed by atoms with van der Waals surface area (Å²) in [5.74, 6) is -4.46. The van der Waals surface area contributed by atoms with Crippen LogP contribution in [0, 0.1) is 0 Å². The summed E-state index contributed by atoms with van der Waals surface area (Å²) >= 11 is 0. The summed E-state index contributed by atoms with van der Waals surface area (Å²) in [5, 5.41) is 27.8. The Bertz CT molecular complexity index is 369. The molecule has 9 heteroatoms. The highest BCUT2D eigenvalue weighted by atomic mass is 16.4. The number of hydrogen-bond acceptors (Lipinski definition) is 5. The summed E-state index contributed by atoms with van der Waals surface area (Å²) < 4.78 is 0. The Labute approximate surface area is 108 Å². The first-order chi connectivity index (χ1) is 8.73. The minimum Gasteiger partial charge on any atom is -0.481 e. The molecule has 0 aromatic carbocycles. The van der Waals surface area contributed by atoms with Gasteiger partial charge in [0.2, 0.25) is 5.91 Å². The van der Waals surface area contributed by atoms with Crippen LogP contribution in [0.15, 0.2) is 0 Å². The van der Waals surface area contributed by atoms with Crippen molar-refractivity contribution in [2.45, 2.75) is 37.8 Å². The third-order valence-electron chi connectivity index (χ3n) is 2.28. The van der Waals surface area contributed by atoms with Crippen LogP contribution in [0.5, 0.6) is 0 Å². The number of carboxylic acids is 3. The number of aliphatic carboxylic acids is 3. The van der Waals surface area contributed by atoms with Crippen LogP contribution < -0.4 is 11.1 Å². The average molecular weight is 276 g/mol. The van der Waals surface area contributed by atoms with Crippen LogP contribution in [0.25, 0.3) is 0 Å². The third kappa shape index (κ3) is 7.71. The van der Waals surface area contributed by atoms with Crippen molar-refractivity contribution in [3.8, 4) is 0 Å². The maximum atomic E-state index is 11.4. The molecule has 0 spiro atoms. The fraction of sp³-hybridized carbons (Fsp3) is 0.600. The van der Waals surface area contributed by atoms with E-state index in [-0.39, 0.29) is 19.3 Å². The van der Waals surface area contributed by atoms with Crippen LogP contribution in [0.1, 0.15) is 25.7 Å². The number of nitrogens with two attached hydrogens (primary N) is 1. The minimum absolute atomic E-state index is 0.133. The van der Waals surface area contributed by atoms with Crippen molar-refractivity contribution in [1.29, 1.82) is 0 Å². The van der Waals surface area contributed by atoms with Crippen LogP contribution in [0.4, 0.5) is 0 Å². The molecule has 0 unspecified atom stereocenters. The zero-order chi connectivity index (χ0) is 15.0. The fourth-order valence-electron chi connectivity index (χ4n) is 1.20. The van der Waals surface area contributed by atoms with Crippen molar-refractivity contribution < 1.29 is 34.5 Å². The molecule has 0 rings (SSSR count). The molecule has 19 heavy (non-hydrogen) atoms. The lowest BCUT2D eigenvalue weighted by molar-refractivity contribution is -0.143. The molecule has 0 fully saturated rings. The summed E-state index contributed by atoms with van der Waals surface area (Å²) in [7, 11) is 0. The normalized spacial score (nSPS) is 13.3. The van der Waals surface area contributed by atoms with Gasteiger partial charge >= 0.3 is 17.9 Å². The van der Waals surface area contributed by atoms with Gasteiger partial charge in [-0.05, 0) is 12.8 Å². The van der Waals surface area contributed by atoms with Gasteiger partial charge < -0.3 is 26.4 Å². The molecule has 9 nitrogen and oxygen atoms in total.